The maximum absolute atomic E-state index is 10.9. The van der Waals surface area contributed by atoms with Crippen LogP contribution in [0.2, 0.25) is 0 Å². The Morgan fingerprint density at radius 2 is 2.10 bits per heavy atom. The van der Waals surface area contributed by atoms with Crippen molar-refractivity contribution in [2.45, 2.75) is 32.2 Å². The number of nitrogens with one attached hydrogen (secondary N) is 2. The molecular weight excluding hydrogens is 272 g/mol. The molecule has 0 unspecified atom stereocenters. The van der Waals surface area contributed by atoms with Gasteiger partial charge in [-0.15, -0.1) is 0 Å². The first kappa shape index (κ1) is 15.5. The second-order valence-electron chi connectivity index (χ2n) is 5.26. The summed E-state index contributed by atoms with van der Waals surface area (Å²) in [6.07, 6.45) is 3.18. The largest absolute Gasteiger partial charge is 0.367 e. The monoisotopic (exact) mass is 294 g/mol. The van der Waals surface area contributed by atoms with E-state index >= 15 is 0 Å². The molecular formula is C13H22N6O2. The Labute approximate surface area is 123 Å². The molecule has 1 saturated heterocycles. The molecule has 1 aliphatic rings. The zero-order valence-corrected chi connectivity index (χ0v) is 12.2. The first-order chi connectivity index (χ1) is 10.1. The standard InChI is InChI=1S/C13H22N6O2/c1-2-5-18-6-3-10(4-7-18)15-12-8-11(19(20)21)9-13(16-12)17-14/h8-10H,2-7,14H2,1H3,(H2,15,16,17). The summed E-state index contributed by atoms with van der Waals surface area (Å²) in [4.78, 5) is 17.1. The van der Waals surface area contributed by atoms with Crippen molar-refractivity contribution >= 4 is 17.3 Å². The Morgan fingerprint density at radius 3 is 2.67 bits per heavy atom. The Morgan fingerprint density at radius 1 is 1.43 bits per heavy atom. The van der Waals surface area contributed by atoms with E-state index in [1.807, 2.05) is 0 Å². The lowest BCUT2D eigenvalue weighted by atomic mass is 10.0. The molecule has 1 fully saturated rings. The minimum Gasteiger partial charge on any atom is -0.367 e. The van der Waals surface area contributed by atoms with Crippen LogP contribution in [-0.2, 0) is 0 Å². The van der Waals surface area contributed by atoms with Crippen LogP contribution in [-0.4, -0.2) is 40.5 Å². The molecule has 4 N–H and O–H groups in total. The van der Waals surface area contributed by atoms with Crippen LogP contribution in [0.1, 0.15) is 26.2 Å². The summed E-state index contributed by atoms with van der Waals surface area (Å²) in [6, 6.07) is 3.05. The fourth-order valence-electron chi connectivity index (χ4n) is 2.60. The van der Waals surface area contributed by atoms with Gasteiger partial charge in [-0.1, -0.05) is 6.92 Å². The summed E-state index contributed by atoms with van der Waals surface area (Å²) in [6.45, 7) is 5.40. The number of hydrogen-bond acceptors (Lipinski definition) is 7. The van der Waals surface area contributed by atoms with Crippen molar-refractivity contribution in [3.63, 3.8) is 0 Å². The molecule has 1 aliphatic heterocycles. The topological polar surface area (TPSA) is 109 Å². The van der Waals surface area contributed by atoms with Crippen LogP contribution < -0.4 is 16.6 Å². The van der Waals surface area contributed by atoms with Crippen molar-refractivity contribution in [2.75, 3.05) is 30.4 Å². The molecule has 0 amide bonds. The predicted octanol–water partition coefficient (Wildman–Crippen LogP) is 1.56. The molecule has 1 aromatic heterocycles. The fraction of sp³-hybridized carbons (Fsp3) is 0.615. The van der Waals surface area contributed by atoms with E-state index in [1.54, 1.807) is 0 Å². The zero-order valence-electron chi connectivity index (χ0n) is 12.2. The van der Waals surface area contributed by atoms with Crippen LogP contribution in [0.3, 0.4) is 0 Å². The molecule has 0 spiro atoms. The van der Waals surface area contributed by atoms with Gasteiger partial charge in [-0.05, 0) is 25.8 Å². The number of nitrogens with zero attached hydrogens (tertiary/aromatic N) is 3. The van der Waals surface area contributed by atoms with Crippen molar-refractivity contribution in [1.82, 2.24) is 9.88 Å². The van der Waals surface area contributed by atoms with Crippen LogP contribution in [0.15, 0.2) is 12.1 Å². The van der Waals surface area contributed by atoms with Gasteiger partial charge in [0.1, 0.15) is 11.6 Å². The van der Waals surface area contributed by atoms with Gasteiger partial charge in [0.25, 0.3) is 5.69 Å². The highest BCUT2D eigenvalue weighted by molar-refractivity contribution is 5.54. The average molecular weight is 294 g/mol. The van der Waals surface area contributed by atoms with Crippen molar-refractivity contribution in [3.05, 3.63) is 22.2 Å². The molecule has 8 nitrogen and oxygen atoms in total. The van der Waals surface area contributed by atoms with Gasteiger partial charge in [-0.3, -0.25) is 10.1 Å². The van der Waals surface area contributed by atoms with Crippen LogP contribution in [0.5, 0.6) is 0 Å². The summed E-state index contributed by atoms with van der Waals surface area (Å²) in [7, 11) is 0. The minimum absolute atomic E-state index is 0.0242. The van der Waals surface area contributed by atoms with E-state index in [9.17, 15) is 10.1 Å². The SMILES string of the molecule is CCCN1CCC(Nc2cc([N+](=O)[O-])cc(NN)n2)CC1. The van der Waals surface area contributed by atoms with E-state index in [0.717, 1.165) is 38.9 Å². The van der Waals surface area contributed by atoms with Crippen molar-refractivity contribution in [2.24, 2.45) is 5.84 Å². The van der Waals surface area contributed by atoms with E-state index in [1.165, 1.54) is 12.1 Å². The van der Waals surface area contributed by atoms with E-state index in [4.69, 9.17) is 5.84 Å². The summed E-state index contributed by atoms with van der Waals surface area (Å²) < 4.78 is 0. The molecule has 116 valence electrons. The Bertz CT molecular complexity index is 488. The summed E-state index contributed by atoms with van der Waals surface area (Å²) in [5.74, 6) is 6.08. The molecule has 0 aliphatic carbocycles. The van der Waals surface area contributed by atoms with Crippen LogP contribution >= 0.6 is 0 Å². The summed E-state index contributed by atoms with van der Waals surface area (Å²) >= 11 is 0. The normalized spacial score (nSPS) is 16.7. The van der Waals surface area contributed by atoms with Gasteiger partial charge in [-0.25, -0.2) is 10.8 Å². The Balaban J connectivity index is 2.00. The van der Waals surface area contributed by atoms with Gasteiger partial charge in [0, 0.05) is 19.1 Å². The molecule has 2 heterocycles. The Hall–Kier alpha value is -1.93. The number of aromatic nitrogens is 1. The first-order valence-electron chi connectivity index (χ1n) is 7.24. The van der Waals surface area contributed by atoms with E-state index in [2.05, 4.69) is 27.6 Å². The van der Waals surface area contributed by atoms with Gasteiger partial charge < -0.3 is 15.6 Å². The highest BCUT2D eigenvalue weighted by Crippen LogP contribution is 2.22. The van der Waals surface area contributed by atoms with E-state index < -0.39 is 4.92 Å². The van der Waals surface area contributed by atoms with Gasteiger partial charge in [0.2, 0.25) is 0 Å². The molecule has 0 atom stereocenters. The fourth-order valence-corrected chi connectivity index (χ4v) is 2.60. The molecule has 0 bridgehead atoms. The van der Waals surface area contributed by atoms with Crippen LogP contribution in [0, 0.1) is 10.1 Å². The lowest BCUT2D eigenvalue weighted by Crippen LogP contribution is -2.39. The third-order valence-electron chi connectivity index (χ3n) is 3.65. The lowest BCUT2D eigenvalue weighted by Gasteiger charge is -2.32. The molecule has 1 aromatic rings. The molecule has 0 aromatic carbocycles. The number of hydrazine groups is 1. The maximum Gasteiger partial charge on any atom is 0.276 e. The molecule has 2 rings (SSSR count). The molecule has 21 heavy (non-hydrogen) atoms. The summed E-state index contributed by atoms with van der Waals surface area (Å²) in [5.41, 5.74) is 2.34. The summed E-state index contributed by atoms with van der Waals surface area (Å²) in [5, 5.41) is 14.2. The van der Waals surface area contributed by atoms with Gasteiger partial charge in [0.05, 0.1) is 17.1 Å². The third kappa shape index (κ3) is 4.27. The van der Waals surface area contributed by atoms with Crippen LogP contribution in [0.25, 0.3) is 0 Å². The van der Waals surface area contributed by atoms with Gasteiger partial charge in [0.15, 0.2) is 0 Å². The van der Waals surface area contributed by atoms with Crippen LogP contribution in [0.4, 0.5) is 17.3 Å². The van der Waals surface area contributed by atoms with Gasteiger partial charge >= 0.3 is 0 Å². The number of nitro groups is 1. The number of hydrogen-bond donors (Lipinski definition) is 3. The second kappa shape index (κ2) is 7.19. The molecule has 0 saturated carbocycles. The quantitative estimate of drug-likeness (QED) is 0.415. The number of piperidine rings is 1. The highest BCUT2D eigenvalue weighted by Gasteiger charge is 2.20. The second-order valence-corrected chi connectivity index (χ2v) is 5.26. The number of pyridine rings is 1. The smallest absolute Gasteiger partial charge is 0.276 e. The van der Waals surface area contributed by atoms with E-state index in [0.29, 0.717) is 11.9 Å². The van der Waals surface area contributed by atoms with Crippen molar-refractivity contribution in [1.29, 1.82) is 0 Å². The molecule has 8 heteroatoms. The van der Waals surface area contributed by atoms with Crippen molar-refractivity contribution in [3.8, 4) is 0 Å². The lowest BCUT2D eigenvalue weighted by molar-refractivity contribution is -0.384. The number of nitrogen functional groups attached to an aromatic ring is 1. The maximum atomic E-state index is 10.9. The van der Waals surface area contributed by atoms with Gasteiger partial charge in [-0.2, -0.15) is 0 Å². The number of rotatable bonds is 6. The number of nitrogens with two attached hydrogens (primary N) is 1. The Kier molecular flexibility index (Phi) is 5.29. The number of likely N-dealkylation sites (tertiary alicyclic amines) is 1. The zero-order chi connectivity index (χ0) is 15.2. The molecule has 0 radical (unpaired) electrons. The van der Waals surface area contributed by atoms with E-state index in [-0.39, 0.29) is 11.5 Å². The first-order valence-corrected chi connectivity index (χ1v) is 7.24. The minimum atomic E-state index is -0.447. The number of anilines is 2. The van der Waals surface area contributed by atoms with Crippen molar-refractivity contribution < 1.29 is 4.92 Å². The highest BCUT2D eigenvalue weighted by atomic mass is 16.6. The third-order valence-corrected chi connectivity index (χ3v) is 3.65. The predicted molar refractivity (Wildman–Crippen MR) is 82.1 cm³/mol. The average Bonchev–Trinajstić information content (AvgIpc) is 2.49.